The van der Waals surface area contributed by atoms with E-state index >= 15 is 0 Å². The number of Topliss-reactive ketones (excluding diaryl/α,β-unsaturated/α-hetero) is 1. The fourth-order valence-electron chi connectivity index (χ4n) is 4.45. The van der Waals surface area contributed by atoms with E-state index in [0.717, 1.165) is 24.1 Å². The SMILES string of the molecule is CC.CC#CC.COc1c(Nc2cc(NC(=O)N3CC(C)(C)C3)ncc2C(=O)C2CC2)cccc1C(C)=NC(C)C. The summed E-state index contributed by atoms with van der Waals surface area (Å²) in [6.45, 7) is 19.3. The highest BCUT2D eigenvalue weighted by molar-refractivity contribution is 6.06. The van der Waals surface area contributed by atoms with Gasteiger partial charge in [0.05, 0.1) is 24.0 Å². The number of amides is 2. The van der Waals surface area contributed by atoms with Gasteiger partial charge in [0.1, 0.15) is 5.82 Å². The van der Waals surface area contributed by atoms with Crippen LogP contribution in [0, 0.1) is 23.2 Å². The van der Waals surface area contributed by atoms with Gasteiger partial charge in [0.15, 0.2) is 11.5 Å². The van der Waals surface area contributed by atoms with E-state index in [2.05, 4.69) is 46.3 Å². The number of methoxy groups -OCH3 is 1. The molecular formula is C33H47N5O3. The summed E-state index contributed by atoms with van der Waals surface area (Å²) >= 11 is 0. The van der Waals surface area contributed by atoms with Crippen molar-refractivity contribution in [1.29, 1.82) is 0 Å². The predicted octanol–water partition coefficient (Wildman–Crippen LogP) is 7.57. The molecule has 1 aromatic heterocycles. The van der Waals surface area contributed by atoms with Gasteiger partial charge >= 0.3 is 6.03 Å². The van der Waals surface area contributed by atoms with Crippen molar-refractivity contribution in [2.75, 3.05) is 30.8 Å². The Morgan fingerprint density at radius 2 is 1.73 bits per heavy atom. The van der Waals surface area contributed by atoms with Crippen molar-refractivity contribution in [1.82, 2.24) is 9.88 Å². The first-order chi connectivity index (χ1) is 19.5. The molecule has 2 fully saturated rings. The van der Waals surface area contributed by atoms with E-state index in [4.69, 9.17) is 4.74 Å². The Labute approximate surface area is 246 Å². The first kappa shape index (κ1) is 33.3. The van der Waals surface area contributed by atoms with Crippen LogP contribution >= 0.6 is 0 Å². The highest BCUT2D eigenvalue weighted by Gasteiger charge is 2.37. The van der Waals surface area contributed by atoms with Gasteiger partial charge in [0.25, 0.3) is 0 Å². The van der Waals surface area contributed by atoms with E-state index in [0.29, 0.717) is 41.6 Å². The fourth-order valence-corrected chi connectivity index (χ4v) is 4.45. The molecule has 2 heterocycles. The highest BCUT2D eigenvalue weighted by Crippen LogP contribution is 2.38. The molecule has 1 saturated heterocycles. The minimum atomic E-state index is -0.191. The molecule has 0 spiro atoms. The molecule has 1 aliphatic carbocycles. The Morgan fingerprint density at radius 1 is 1.10 bits per heavy atom. The summed E-state index contributed by atoms with van der Waals surface area (Å²) in [6, 6.07) is 7.48. The number of likely N-dealkylation sites (tertiary alicyclic amines) is 1. The van der Waals surface area contributed by atoms with Gasteiger partial charge in [0, 0.05) is 54.0 Å². The van der Waals surface area contributed by atoms with E-state index in [1.807, 2.05) is 66.7 Å². The second-order valence-electron chi connectivity index (χ2n) is 11.0. The van der Waals surface area contributed by atoms with E-state index in [1.54, 1.807) is 24.3 Å². The Morgan fingerprint density at radius 3 is 2.24 bits per heavy atom. The monoisotopic (exact) mass is 561 g/mol. The average Bonchev–Trinajstić information content (AvgIpc) is 3.78. The molecule has 1 aromatic carbocycles. The lowest BCUT2D eigenvalue weighted by atomic mass is 9.85. The molecule has 0 unspecified atom stereocenters. The zero-order valence-electron chi connectivity index (χ0n) is 26.4. The standard InChI is InChI=1S/C27H35N5O3.C4H6.C2H6/c1-16(2)29-17(3)19-8-7-9-21(25(19)35-6)30-22-12-23(28-13-20(22)24(33)18-10-11-18)31-26(34)32-14-27(4,5)15-32;1-3-4-2;1-2/h7-9,12-13,16,18H,10-11,14-15H2,1-6H3,(H2,28,30,31,34);1-2H3;1-2H3. The smallest absolute Gasteiger partial charge is 0.323 e. The van der Waals surface area contributed by atoms with Gasteiger partial charge in [-0.2, -0.15) is 0 Å². The molecule has 8 nitrogen and oxygen atoms in total. The molecule has 2 N–H and O–H groups in total. The Balaban J connectivity index is 0.000000902. The number of aromatic nitrogens is 1. The zero-order chi connectivity index (χ0) is 30.7. The highest BCUT2D eigenvalue weighted by atomic mass is 16.5. The maximum atomic E-state index is 13.0. The van der Waals surface area contributed by atoms with E-state index in [9.17, 15) is 9.59 Å². The van der Waals surface area contributed by atoms with Gasteiger partial charge in [0.2, 0.25) is 0 Å². The Kier molecular flexibility index (Phi) is 12.4. The summed E-state index contributed by atoms with van der Waals surface area (Å²) < 4.78 is 5.76. The normalized spacial score (nSPS) is 15.1. The summed E-state index contributed by atoms with van der Waals surface area (Å²) in [4.78, 5) is 36.5. The van der Waals surface area contributed by atoms with Gasteiger partial charge in [-0.1, -0.05) is 33.8 Å². The molecule has 8 heteroatoms. The number of rotatable bonds is 8. The van der Waals surface area contributed by atoms with E-state index < -0.39 is 0 Å². The van der Waals surface area contributed by atoms with Crippen LogP contribution in [0.1, 0.15) is 91.1 Å². The van der Waals surface area contributed by atoms with Crippen LogP contribution in [0.15, 0.2) is 35.5 Å². The number of urea groups is 1. The van der Waals surface area contributed by atoms with Crippen molar-refractivity contribution in [3.8, 4) is 17.6 Å². The van der Waals surface area contributed by atoms with Crippen LogP contribution in [0.2, 0.25) is 0 Å². The number of carbonyl (C=O) groups is 2. The van der Waals surface area contributed by atoms with Crippen LogP contribution in [-0.4, -0.2) is 53.7 Å². The quantitative estimate of drug-likeness (QED) is 0.197. The number of ether oxygens (including phenoxy) is 1. The number of aliphatic imine (C=N–C) groups is 1. The van der Waals surface area contributed by atoms with Crippen molar-refractivity contribution in [3.05, 3.63) is 41.6 Å². The number of hydrogen-bond donors (Lipinski definition) is 2. The molecule has 41 heavy (non-hydrogen) atoms. The number of hydrogen-bond acceptors (Lipinski definition) is 6. The van der Waals surface area contributed by atoms with Crippen LogP contribution in [0.25, 0.3) is 0 Å². The number of ketones is 1. The first-order valence-electron chi connectivity index (χ1n) is 14.4. The van der Waals surface area contributed by atoms with Gasteiger partial charge in [-0.15, -0.1) is 11.8 Å². The number of carbonyl (C=O) groups excluding carboxylic acids is 2. The van der Waals surface area contributed by atoms with Crippen LogP contribution in [0.3, 0.4) is 0 Å². The van der Waals surface area contributed by atoms with Gasteiger partial charge < -0.3 is 15.0 Å². The molecule has 2 aliphatic rings. The fraction of sp³-hybridized carbons (Fsp3) is 0.515. The lowest BCUT2D eigenvalue weighted by molar-refractivity contribution is 0.0687. The zero-order valence-corrected chi connectivity index (χ0v) is 26.4. The molecule has 222 valence electrons. The third-order valence-electron chi connectivity index (χ3n) is 6.46. The summed E-state index contributed by atoms with van der Waals surface area (Å²) in [5.41, 5.74) is 3.69. The van der Waals surface area contributed by atoms with Crippen molar-refractivity contribution in [2.24, 2.45) is 16.3 Å². The van der Waals surface area contributed by atoms with Gasteiger partial charge in [-0.25, -0.2) is 9.78 Å². The summed E-state index contributed by atoms with van der Waals surface area (Å²) in [6.07, 6.45) is 3.34. The lowest BCUT2D eigenvalue weighted by Crippen LogP contribution is -2.56. The average molecular weight is 562 g/mol. The third kappa shape index (κ3) is 9.34. The predicted molar refractivity (Wildman–Crippen MR) is 170 cm³/mol. The van der Waals surface area contributed by atoms with E-state index in [-0.39, 0.29) is 29.2 Å². The minimum Gasteiger partial charge on any atom is -0.494 e. The van der Waals surface area contributed by atoms with Crippen molar-refractivity contribution in [2.45, 2.75) is 81.2 Å². The maximum Gasteiger partial charge on any atom is 0.323 e. The van der Waals surface area contributed by atoms with E-state index in [1.165, 1.54) is 0 Å². The van der Waals surface area contributed by atoms with Crippen LogP contribution in [-0.2, 0) is 0 Å². The molecule has 0 atom stereocenters. The van der Waals surface area contributed by atoms with Gasteiger partial charge in [-0.3, -0.25) is 15.1 Å². The molecule has 1 saturated carbocycles. The van der Waals surface area contributed by atoms with Crippen LogP contribution in [0.4, 0.5) is 22.0 Å². The van der Waals surface area contributed by atoms with Gasteiger partial charge in [-0.05, 0) is 59.6 Å². The number of benzene rings is 1. The Bertz CT molecular complexity index is 1290. The number of para-hydroxylation sites is 1. The second-order valence-corrected chi connectivity index (χ2v) is 11.0. The number of pyridine rings is 1. The molecule has 2 aromatic rings. The topological polar surface area (TPSA) is 95.9 Å². The largest absolute Gasteiger partial charge is 0.494 e. The van der Waals surface area contributed by atoms with Crippen molar-refractivity contribution < 1.29 is 14.3 Å². The number of nitrogens with zero attached hydrogens (tertiary/aromatic N) is 3. The second kappa shape index (κ2) is 15.2. The van der Waals surface area contributed by atoms with Crippen molar-refractivity contribution in [3.63, 3.8) is 0 Å². The van der Waals surface area contributed by atoms with Crippen LogP contribution in [0.5, 0.6) is 5.75 Å². The first-order valence-corrected chi connectivity index (χ1v) is 14.4. The number of anilines is 3. The molecule has 2 amide bonds. The Hall–Kier alpha value is -3.86. The lowest BCUT2D eigenvalue weighted by Gasteiger charge is -2.45. The summed E-state index contributed by atoms with van der Waals surface area (Å²) in [5.74, 6) is 6.50. The summed E-state index contributed by atoms with van der Waals surface area (Å²) in [7, 11) is 1.62. The minimum absolute atomic E-state index is 0.0368. The van der Waals surface area contributed by atoms with Crippen LogP contribution < -0.4 is 15.4 Å². The molecule has 0 radical (unpaired) electrons. The molecule has 4 rings (SSSR count). The number of nitrogens with one attached hydrogen (secondary N) is 2. The molecule has 0 bridgehead atoms. The maximum absolute atomic E-state index is 13.0. The third-order valence-corrected chi connectivity index (χ3v) is 6.46. The summed E-state index contributed by atoms with van der Waals surface area (Å²) in [5, 5.41) is 6.26. The molecule has 1 aliphatic heterocycles. The molecular weight excluding hydrogens is 514 g/mol. The van der Waals surface area contributed by atoms with Crippen molar-refractivity contribution >= 4 is 34.7 Å².